The number of hydrogen-bond acceptors (Lipinski definition) is 3. The van der Waals surface area contributed by atoms with E-state index in [0.29, 0.717) is 12.1 Å². The Balaban J connectivity index is 2.24. The highest BCUT2D eigenvalue weighted by molar-refractivity contribution is 4.80. The lowest BCUT2D eigenvalue weighted by Crippen LogP contribution is -2.55. The van der Waals surface area contributed by atoms with Gasteiger partial charge in [-0.3, -0.25) is 4.90 Å². The van der Waals surface area contributed by atoms with Crippen LogP contribution in [-0.2, 0) is 0 Å². The molecule has 0 aliphatic carbocycles. The van der Waals surface area contributed by atoms with E-state index in [1.54, 1.807) is 0 Å². The van der Waals surface area contributed by atoms with Gasteiger partial charge in [-0.25, -0.2) is 0 Å². The molecule has 0 bridgehead atoms. The maximum absolute atomic E-state index is 3.52. The third kappa shape index (κ3) is 3.09. The van der Waals surface area contributed by atoms with Crippen LogP contribution in [-0.4, -0.2) is 50.2 Å². The quantitative estimate of drug-likeness (QED) is 0.620. The molecule has 1 saturated heterocycles. The van der Waals surface area contributed by atoms with E-state index in [4.69, 9.17) is 0 Å². The van der Waals surface area contributed by atoms with Crippen LogP contribution in [0.15, 0.2) is 0 Å². The molecule has 0 spiro atoms. The molecule has 0 amide bonds. The zero-order chi connectivity index (χ0) is 8.97. The third-order valence-corrected chi connectivity index (χ3v) is 2.31. The van der Waals surface area contributed by atoms with Crippen LogP contribution in [0.1, 0.15) is 13.8 Å². The molecule has 1 aliphatic heterocycles. The van der Waals surface area contributed by atoms with E-state index in [9.17, 15) is 0 Å². The first-order chi connectivity index (χ1) is 5.72. The summed E-state index contributed by atoms with van der Waals surface area (Å²) in [6, 6.07) is 1.29. The van der Waals surface area contributed by atoms with Gasteiger partial charge in [0.25, 0.3) is 0 Å². The lowest BCUT2D eigenvalue weighted by Gasteiger charge is -2.36. The molecule has 12 heavy (non-hydrogen) atoms. The highest BCUT2D eigenvalue weighted by Gasteiger charge is 2.19. The van der Waals surface area contributed by atoms with Gasteiger partial charge in [0.15, 0.2) is 0 Å². The molecule has 3 nitrogen and oxygen atoms in total. The normalized spacial score (nSPS) is 32.2. The first-order valence-electron chi connectivity index (χ1n) is 4.85. The monoisotopic (exact) mass is 171 g/mol. The molecule has 2 unspecified atom stereocenters. The van der Waals surface area contributed by atoms with E-state index >= 15 is 0 Å². The molecule has 0 radical (unpaired) electrons. The minimum absolute atomic E-state index is 0.644. The van der Waals surface area contributed by atoms with E-state index in [1.165, 1.54) is 19.6 Å². The molecule has 0 aromatic rings. The molecular weight excluding hydrogens is 150 g/mol. The van der Waals surface area contributed by atoms with Crippen molar-refractivity contribution in [2.24, 2.45) is 0 Å². The maximum atomic E-state index is 3.52. The van der Waals surface area contributed by atoms with Crippen molar-refractivity contribution in [1.82, 2.24) is 15.5 Å². The highest BCUT2D eigenvalue weighted by atomic mass is 15.2. The fraction of sp³-hybridized carbons (Fsp3) is 1.00. The molecule has 2 N–H and O–H groups in total. The van der Waals surface area contributed by atoms with Crippen molar-refractivity contribution >= 4 is 0 Å². The van der Waals surface area contributed by atoms with Crippen LogP contribution in [0.3, 0.4) is 0 Å². The van der Waals surface area contributed by atoms with E-state index in [2.05, 4.69) is 29.4 Å². The SMILES string of the molecule is CNCCN1CC(C)NC(C)C1. The number of hydrogen-bond donors (Lipinski definition) is 2. The minimum atomic E-state index is 0.644. The molecule has 72 valence electrons. The molecule has 0 saturated carbocycles. The Morgan fingerprint density at radius 3 is 2.42 bits per heavy atom. The topological polar surface area (TPSA) is 27.3 Å². The van der Waals surface area contributed by atoms with Crippen LogP contribution in [0.25, 0.3) is 0 Å². The third-order valence-electron chi connectivity index (χ3n) is 2.31. The molecule has 1 aliphatic rings. The second-order valence-electron chi connectivity index (χ2n) is 3.83. The fourth-order valence-corrected chi connectivity index (χ4v) is 1.89. The predicted octanol–water partition coefficient (Wildman–Crippen LogP) is -0.112. The number of likely N-dealkylation sites (N-methyl/N-ethyl adjacent to an activating group) is 1. The van der Waals surface area contributed by atoms with Gasteiger partial charge in [-0.05, 0) is 20.9 Å². The standard InChI is InChI=1S/C9H21N3/c1-8-6-12(5-4-10-3)7-9(2)11-8/h8-11H,4-7H2,1-3H3. The molecular formula is C9H21N3. The summed E-state index contributed by atoms with van der Waals surface area (Å²) < 4.78 is 0. The number of nitrogens with zero attached hydrogens (tertiary/aromatic N) is 1. The first-order valence-corrected chi connectivity index (χ1v) is 4.85. The minimum Gasteiger partial charge on any atom is -0.318 e. The predicted molar refractivity (Wildman–Crippen MR) is 52.4 cm³/mol. The summed E-state index contributed by atoms with van der Waals surface area (Å²) in [6.07, 6.45) is 0. The van der Waals surface area contributed by atoms with E-state index < -0.39 is 0 Å². The number of rotatable bonds is 3. The Morgan fingerprint density at radius 1 is 1.33 bits per heavy atom. The highest BCUT2D eigenvalue weighted by Crippen LogP contribution is 2.02. The van der Waals surface area contributed by atoms with Crippen LogP contribution < -0.4 is 10.6 Å². The second-order valence-corrected chi connectivity index (χ2v) is 3.83. The lowest BCUT2D eigenvalue weighted by molar-refractivity contribution is 0.175. The van der Waals surface area contributed by atoms with Gasteiger partial charge in [-0.15, -0.1) is 0 Å². The molecule has 2 atom stereocenters. The number of nitrogens with one attached hydrogen (secondary N) is 2. The van der Waals surface area contributed by atoms with Crippen LogP contribution in [0.2, 0.25) is 0 Å². The Bertz CT molecular complexity index is 117. The molecule has 1 fully saturated rings. The summed E-state index contributed by atoms with van der Waals surface area (Å²) in [4.78, 5) is 2.52. The van der Waals surface area contributed by atoms with Crippen molar-refractivity contribution in [2.45, 2.75) is 25.9 Å². The van der Waals surface area contributed by atoms with Gasteiger partial charge in [0.05, 0.1) is 0 Å². The van der Waals surface area contributed by atoms with Crippen LogP contribution in [0, 0.1) is 0 Å². The Labute approximate surface area is 75.5 Å². The van der Waals surface area contributed by atoms with Crippen molar-refractivity contribution in [3.05, 3.63) is 0 Å². The maximum Gasteiger partial charge on any atom is 0.0169 e. The van der Waals surface area contributed by atoms with Crippen LogP contribution >= 0.6 is 0 Å². The number of piperazine rings is 1. The van der Waals surface area contributed by atoms with Gasteiger partial charge in [0.1, 0.15) is 0 Å². The zero-order valence-corrected chi connectivity index (χ0v) is 8.43. The van der Waals surface area contributed by atoms with Crippen molar-refractivity contribution in [2.75, 3.05) is 33.2 Å². The molecule has 0 aromatic carbocycles. The van der Waals surface area contributed by atoms with Crippen molar-refractivity contribution in [3.8, 4) is 0 Å². The molecule has 1 rings (SSSR count). The van der Waals surface area contributed by atoms with Gasteiger partial charge in [0, 0.05) is 38.3 Å². The van der Waals surface area contributed by atoms with Gasteiger partial charge in [-0.1, -0.05) is 0 Å². The smallest absolute Gasteiger partial charge is 0.0169 e. The van der Waals surface area contributed by atoms with Crippen molar-refractivity contribution in [1.29, 1.82) is 0 Å². The van der Waals surface area contributed by atoms with Gasteiger partial charge < -0.3 is 10.6 Å². The Kier molecular flexibility index (Phi) is 3.98. The van der Waals surface area contributed by atoms with Gasteiger partial charge >= 0.3 is 0 Å². The lowest BCUT2D eigenvalue weighted by atomic mass is 10.1. The van der Waals surface area contributed by atoms with E-state index in [1.807, 2.05) is 7.05 Å². The van der Waals surface area contributed by atoms with Gasteiger partial charge in [0.2, 0.25) is 0 Å². The van der Waals surface area contributed by atoms with Crippen LogP contribution in [0.4, 0.5) is 0 Å². The summed E-state index contributed by atoms with van der Waals surface area (Å²) in [5, 5.41) is 6.71. The average Bonchev–Trinajstić information content (AvgIpc) is 1.99. The molecule has 1 heterocycles. The van der Waals surface area contributed by atoms with Crippen molar-refractivity contribution < 1.29 is 0 Å². The Hall–Kier alpha value is -0.120. The second kappa shape index (κ2) is 4.80. The Morgan fingerprint density at radius 2 is 1.92 bits per heavy atom. The molecule has 0 aromatic heterocycles. The largest absolute Gasteiger partial charge is 0.318 e. The summed E-state index contributed by atoms with van der Waals surface area (Å²) in [5.74, 6) is 0. The van der Waals surface area contributed by atoms with E-state index in [0.717, 1.165) is 6.54 Å². The summed E-state index contributed by atoms with van der Waals surface area (Å²) in [6.45, 7) is 9.15. The fourth-order valence-electron chi connectivity index (χ4n) is 1.89. The van der Waals surface area contributed by atoms with Crippen molar-refractivity contribution in [3.63, 3.8) is 0 Å². The summed E-state index contributed by atoms with van der Waals surface area (Å²) in [7, 11) is 2.01. The molecule has 3 heteroatoms. The van der Waals surface area contributed by atoms with Crippen LogP contribution in [0.5, 0.6) is 0 Å². The van der Waals surface area contributed by atoms with Gasteiger partial charge in [-0.2, -0.15) is 0 Å². The summed E-state index contributed by atoms with van der Waals surface area (Å²) in [5.41, 5.74) is 0. The first kappa shape index (κ1) is 9.96. The average molecular weight is 171 g/mol. The van der Waals surface area contributed by atoms with E-state index in [-0.39, 0.29) is 0 Å². The summed E-state index contributed by atoms with van der Waals surface area (Å²) >= 11 is 0. The zero-order valence-electron chi connectivity index (χ0n) is 8.43.